The Labute approximate surface area is 193 Å². The van der Waals surface area contributed by atoms with Gasteiger partial charge in [0.05, 0.1) is 25.9 Å². The van der Waals surface area contributed by atoms with Crippen molar-refractivity contribution in [2.75, 3.05) is 65.6 Å². The molecule has 3 heterocycles. The number of aliphatic hydroxyl groups excluding tert-OH is 1. The molecule has 0 aliphatic carbocycles. The average Bonchev–Trinajstić information content (AvgIpc) is 3.29. The van der Waals surface area contributed by atoms with E-state index in [4.69, 9.17) is 9.15 Å². The van der Waals surface area contributed by atoms with Crippen LogP contribution in [-0.4, -0.2) is 102 Å². The van der Waals surface area contributed by atoms with Gasteiger partial charge in [-0.1, -0.05) is 12.1 Å². The number of halogens is 1. The molecule has 2 saturated heterocycles. The minimum atomic E-state index is -0.364. The Morgan fingerprint density at radius 1 is 1.03 bits per heavy atom. The first kappa shape index (κ1) is 23.8. The molecule has 1 aromatic heterocycles. The smallest absolute Gasteiger partial charge is 0.273 e. The fraction of sp³-hybridized carbons (Fsp3) is 0.565. The Bertz CT molecular complexity index is 879. The van der Waals surface area contributed by atoms with E-state index in [0.717, 1.165) is 58.0 Å². The lowest BCUT2D eigenvalue weighted by Crippen LogP contribution is -2.50. The van der Waals surface area contributed by atoms with Gasteiger partial charge in [-0.15, -0.1) is 0 Å². The van der Waals surface area contributed by atoms with Gasteiger partial charge in [-0.05, 0) is 17.7 Å². The standard InChI is InChI=1S/C23H32FN5O4/c24-19-3-1-18(2-4-19)13-25-23(31)21-17-33-22(26-21)16-28-7-5-27(6-8-28)14-20(30)15-29-9-11-32-12-10-29/h1-4,17,20,30H,5-16H2,(H,25,31)/t20-/m0/s1. The molecule has 1 aromatic carbocycles. The molecule has 10 heteroatoms. The summed E-state index contributed by atoms with van der Waals surface area (Å²) in [7, 11) is 0. The van der Waals surface area contributed by atoms with Crippen LogP contribution in [0, 0.1) is 5.82 Å². The van der Waals surface area contributed by atoms with Crippen LogP contribution >= 0.6 is 0 Å². The van der Waals surface area contributed by atoms with Crippen molar-refractivity contribution in [2.45, 2.75) is 19.2 Å². The molecule has 1 amide bonds. The fourth-order valence-corrected chi connectivity index (χ4v) is 4.12. The van der Waals surface area contributed by atoms with E-state index in [1.807, 2.05) is 0 Å². The summed E-state index contributed by atoms with van der Waals surface area (Å²) in [6, 6.07) is 5.98. The number of carbonyl (C=O) groups excluding carboxylic acids is 1. The van der Waals surface area contributed by atoms with E-state index in [1.54, 1.807) is 12.1 Å². The lowest BCUT2D eigenvalue weighted by molar-refractivity contribution is 0.00187. The van der Waals surface area contributed by atoms with Gasteiger partial charge in [0.1, 0.15) is 12.1 Å². The zero-order chi connectivity index (χ0) is 23.0. The van der Waals surface area contributed by atoms with E-state index in [2.05, 4.69) is 25.0 Å². The number of carbonyl (C=O) groups is 1. The normalized spacial score (nSPS) is 19.5. The van der Waals surface area contributed by atoms with Crippen LogP contribution in [0.4, 0.5) is 4.39 Å². The molecule has 180 valence electrons. The van der Waals surface area contributed by atoms with Crippen molar-refractivity contribution in [1.82, 2.24) is 25.0 Å². The first-order valence-corrected chi connectivity index (χ1v) is 11.4. The number of morpholine rings is 1. The molecule has 0 unspecified atom stereocenters. The molecular formula is C23H32FN5O4. The summed E-state index contributed by atoms with van der Waals surface area (Å²) in [5.74, 6) is -0.132. The monoisotopic (exact) mass is 461 g/mol. The predicted molar refractivity (Wildman–Crippen MR) is 119 cm³/mol. The summed E-state index contributed by atoms with van der Waals surface area (Å²) in [5.41, 5.74) is 1.04. The van der Waals surface area contributed by atoms with Gasteiger partial charge in [0.15, 0.2) is 5.69 Å². The van der Waals surface area contributed by atoms with Crippen molar-refractivity contribution in [3.05, 3.63) is 53.5 Å². The molecule has 2 N–H and O–H groups in total. The molecule has 9 nitrogen and oxygen atoms in total. The van der Waals surface area contributed by atoms with Crippen LogP contribution in [0.2, 0.25) is 0 Å². The number of β-amino-alcohol motifs (C(OH)–C–C–N with tert-alkyl or cyclic N) is 1. The lowest BCUT2D eigenvalue weighted by atomic mass is 10.2. The number of ether oxygens (including phenoxy) is 1. The first-order chi connectivity index (χ1) is 16.0. The summed E-state index contributed by atoms with van der Waals surface area (Å²) < 4.78 is 23.8. The molecule has 4 rings (SSSR count). The number of aromatic nitrogens is 1. The van der Waals surface area contributed by atoms with E-state index in [9.17, 15) is 14.3 Å². The van der Waals surface area contributed by atoms with Gasteiger partial charge in [-0.3, -0.25) is 19.5 Å². The number of nitrogens with zero attached hydrogens (tertiary/aromatic N) is 4. The van der Waals surface area contributed by atoms with E-state index >= 15 is 0 Å². The third kappa shape index (κ3) is 7.31. The molecule has 2 aliphatic heterocycles. The van der Waals surface area contributed by atoms with Crippen LogP contribution in [-0.2, 0) is 17.8 Å². The van der Waals surface area contributed by atoms with E-state index < -0.39 is 0 Å². The predicted octanol–water partition coefficient (Wildman–Crippen LogP) is 0.554. The number of hydrogen-bond acceptors (Lipinski definition) is 8. The number of aliphatic hydroxyl groups is 1. The Balaban J connectivity index is 1.16. The van der Waals surface area contributed by atoms with Crippen molar-refractivity contribution in [3.8, 4) is 0 Å². The van der Waals surface area contributed by atoms with Crippen molar-refractivity contribution in [2.24, 2.45) is 0 Å². The summed E-state index contributed by atoms with van der Waals surface area (Å²) in [6.07, 6.45) is 1.01. The second-order valence-electron chi connectivity index (χ2n) is 8.58. The maximum absolute atomic E-state index is 13.0. The van der Waals surface area contributed by atoms with Gasteiger partial charge < -0.3 is 19.6 Å². The van der Waals surface area contributed by atoms with Crippen LogP contribution in [0.3, 0.4) is 0 Å². The Kier molecular flexibility index (Phi) is 8.40. The van der Waals surface area contributed by atoms with E-state index in [-0.39, 0.29) is 23.5 Å². The summed E-state index contributed by atoms with van der Waals surface area (Å²) in [6.45, 7) is 8.86. The van der Waals surface area contributed by atoms with E-state index in [1.165, 1.54) is 18.4 Å². The average molecular weight is 462 g/mol. The lowest BCUT2D eigenvalue weighted by Gasteiger charge is -2.36. The Hall–Kier alpha value is -2.37. The number of oxazole rings is 1. The number of piperazine rings is 1. The highest BCUT2D eigenvalue weighted by molar-refractivity contribution is 5.91. The van der Waals surface area contributed by atoms with Gasteiger partial charge in [0.25, 0.3) is 5.91 Å². The third-order valence-electron chi connectivity index (χ3n) is 6.02. The molecule has 0 radical (unpaired) electrons. The van der Waals surface area contributed by atoms with Crippen LogP contribution in [0.25, 0.3) is 0 Å². The number of nitrogens with one attached hydrogen (secondary N) is 1. The van der Waals surface area contributed by atoms with Crippen molar-refractivity contribution in [3.63, 3.8) is 0 Å². The second-order valence-corrected chi connectivity index (χ2v) is 8.58. The molecule has 2 aliphatic rings. The minimum absolute atomic E-state index is 0.233. The zero-order valence-electron chi connectivity index (χ0n) is 18.8. The number of amides is 1. The SMILES string of the molecule is O=C(NCc1ccc(F)cc1)c1coc(CN2CCN(C[C@H](O)CN3CCOCC3)CC2)n1. The number of benzene rings is 1. The highest BCUT2D eigenvalue weighted by Gasteiger charge is 2.23. The summed E-state index contributed by atoms with van der Waals surface area (Å²) in [4.78, 5) is 23.4. The quantitative estimate of drug-likeness (QED) is 0.560. The van der Waals surface area contributed by atoms with Gasteiger partial charge >= 0.3 is 0 Å². The highest BCUT2D eigenvalue weighted by Crippen LogP contribution is 2.11. The molecule has 2 aromatic rings. The maximum atomic E-state index is 13.0. The largest absolute Gasteiger partial charge is 0.447 e. The van der Waals surface area contributed by atoms with Crippen LogP contribution in [0.1, 0.15) is 21.9 Å². The molecule has 0 spiro atoms. The van der Waals surface area contributed by atoms with Crippen molar-refractivity contribution in [1.29, 1.82) is 0 Å². The number of rotatable bonds is 9. The van der Waals surface area contributed by atoms with E-state index in [0.29, 0.717) is 32.1 Å². The molecule has 0 saturated carbocycles. The topological polar surface area (TPSA) is 94.3 Å². The van der Waals surface area contributed by atoms with Crippen molar-refractivity contribution >= 4 is 5.91 Å². The molecule has 1 atom stereocenters. The molecule has 2 fully saturated rings. The number of hydrogen-bond donors (Lipinski definition) is 2. The maximum Gasteiger partial charge on any atom is 0.273 e. The first-order valence-electron chi connectivity index (χ1n) is 11.4. The van der Waals surface area contributed by atoms with Gasteiger partial charge in [0, 0.05) is 58.9 Å². The van der Waals surface area contributed by atoms with Gasteiger partial charge in [-0.2, -0.15) is 0 Å². The van der Waals surface area contributed by atoms with Crippen LogP contribution in [0.5, 0.6) is 0 Å². The van der Waals surface area contributed by atoms with Gasteiger partial charge in [-0.25, -0.2) is 9.37 Å². The van der Waals surface area contributed by atoms with Crippen LogP contribution < -0.4 is 5.32 Å². The molecular weight excluding hydrogens is 429 g/mol. The summed E-state index contributed by atoms with van der Waals surface area (Å²) in [5, 5.41) is 13.2. The van der Waals surface area contributed by atoms with Crippen molar-refractivity contribution < 1.29 is 23.4 Å². The zero-order valence-corrected chi connectivity index (χ0v) is 18.8. The Morgan fingerprint density at radius 2 is 1.67 bits per heavy atom. The Morgan fingerprint density at radius 3 is 2.36 bits per heavy atom. The summed E-state index contributed by atoms with van der Waals surface area (Å²) >= 11 is 0. The highest BCUT2D eigenvalue weighted by atomic mass is 19.1. The molecule has 33 heavy (non-hydrogen) atoms. The van der Waals surface area contributed by atoms with Gasteiger partial charge in [0.2, 0.25) is 5.89 Å². The molecule has 0 bridgehead atoms. The fourth-order valence-electron chi connectivity index (χ4n) is 4.12. The third-order valence-corrected chi connectivity index (χ3v) is 6.02. The van der Waals surface area contributed by atoms with Crippen LogP contribution in [0.15, 0.2) is 34.9 Å². The minimum Gasteiger partial charge on any atom is -0.447 e. The second kappa shape index (κ2) is 11.7.